The minimum atomic E-state index is 0.292. The molecule has 1 aliphatic heterocycles. The van der Waals surface area contributed by atoms with Crippen LogP contribution < -0.4 is 10.6 Å². The highest BCUT2D eigenvalue weighted by atomic mass is 16.3. The van der Waals surface area contributed by atoms with Crippen LogP contribution in [0.15, 0.2) is 0 Å². The van der Waals surface area contributed by atoms with E-state index in [9.17, 15) is 0 Å². The van der Waals surface area contributed by atoms with Gasteiger partial charge in [-0.1, -0.05) is 0 Å². The van der Waals surface area contributed by atoms with Gasteiger partial charge in [-0.15, -0.1) is 0 Å². The Kier molecular flexibility index (Phi) is 1.67. The first-order valence-electron chi connectivity index (χ1n) is 4.35. The first-order valence-corrected chi connectivity index (χ1v) is 4.35. The average molecular weight is 156 g/mol. The third kappa shape index (κ3) is 0.849. The Balaban J connectivity index is 2.00. The molecule has 2 atom stereocenters. The highest BCUT2D eigenvalue weighted by molar-refractivity contribution is 5.21. The Morgan fingerprint density at radius 1 is 1.55 bits per heavy atom. The number of rotatable bonds is 3. The lowest BCUT2D eigenvalue weighted by Crippen LogP contribution is -2.38. The van der Waals surface area contributed by atoms with Gasteiger partial charge in [-0.05, 0) is 25.3 Å². The molecular weight excluding hydrogens is 140 g/mol. The molecule has 0 amide bonds. The molecule has 1 heterocycles. The summed E-state index contributed by atoms with van der Waals surface area (Å²) in [6.45, 7) is 2.57. The van der Waals surface area contributed by atoms with Crippen molar-refractivity contribution in [3.8, 4) is 0 Å². The molecule has 3 heteroatoms. The highest BCUT2D eigenvalue weighted by Gasteiger charge is 2.64. The maximum Gasteiger partial charge on any atom is 0.0448 e. The monoisotopic (exact) mass is 156 g/mol. The molecule has 0 radical (unpaired) electrons. The lowest BCUT2D eigenvalue weighted by Gasteiger charge is -2.19. The van der Waals surface area contributed by atoms with E-state index in [4.69, 9.17) is 5.11 Å². The number of hydrogen-bond acceptors (Lipinski definition) is 3. The van der Waals surface area contributed by atoms with E-state index in [1.54, 1.807) is 0 Å². The summed E-state index contributed by atoms with van der Waals surface area (Å²) in [7, 11) is 2.01. The molecule has 11 heavy (non-hydrogen) atoms. The van der Waals surface area contributed by atoms with Gasteiger partial charge in [0.05, 0.1) is 0 Å². The molecule has 3 N–H and O–H groups in total. The predicted octanol–water partition coefficient (Wildman–Crippen LogP) is -0.824. The van der Waals surface area contributed by atoms with Crippen LogP contribution in [0.2, 0.25) is 0 Å². The van der Waals surface area contributed by atoms with Crippen molar-refractivity contribution in [2.45, 2.75) is 12.0 Å². The SMILES string of the molecule is CNC1(CCO)C2CNCC21. The van der Waals surface area contributed by atoms with Crippen molar-refractivity contribution >= 4 is 0 Å². The second-order valence-electron chi connectivity index (χ2n) is 3.64. The van der Waals surface area contributed by atoms with Gasteiger partial charge in [-0.25, -0.2) is 0 Å². The molecule has 0 bridgehead atoms. The first kappa shape index (κ1) is 7.53. The van der Waals surface area contributed by atoms with Gasteiger partial charge in [0, 0.05) is 25.2 Å². The van der Waals surface area contributed by atoms with Crippen LogP contribution in [0.1, 0.15) is 6.42 Å². The fourth-order valence-corrected chi connectivity index (χ4v) is 2.70. The summed E-state index contributed by atoms with van der Waals surface area (Å²) in [5, 5.41) is 15.6. The summed E-state index contributed by atoms with van der Waals surface area (Å²) in [4.78, 5) is 0. The van der Waals surface area contributed by atoms with Gasteiger partial charge in [0.25, 0.3) is 0 Å². The summed E-state index contributed by atoms with van der Waals surface area (Å²) >= 11 is 0. The van der Waals surface area contributed by atoms with Crippen LogP contribution in [0.25, 0.3) is 0 Å². The van der Waals surface area contributed by atoms with Crippen molar-refractivity contribution in [2.75, 3.05) is 26.7 Å². The van der Waals surface area contributed by atoms with Gasteiger partial charge in [0.1, 0.15) is 0 Å². The minimum Gasteiger partial charge on any atom is -0.396 e. The fraction of sp³-hybridized carbons (Fsp3) is 1.00. The number of hydrogen-bond donors (Lipinski definition) is 3. The van der Waals surface area contributed by atoms with E-state index >= 15 is 0 Å². The van der Waals surface area contributed by atoms with Crippen molar-refractivity contribution in [3.63, 3.8) is 0 Å². The molecule has 2 aliphatic rings. The summed E-state index contributed by atoms with van der Waals surface area (Å²) in [5.74, 6) is 1.55. The van der Waals surface area contributed by atoms with Gasteiger partial charge in [-0.2, -0.15) is 0 Å². The van der Waals surface area contributed by atoms with Gasteiger partial charge in [0.15, 0.2) is 0 Å². The van der Waals surface area contributed by atoms with E-state index < -0.39 is 0 Å². The molecule has 2 unspecified atom stereocenters. The average Bonchev–Trinajstić information content (AvgIpc) is 2.49. The van der Waals surface area contributed by atoms with Crippen LogP contribution in [-0.2, 0) is 0 Å². The summed E-state index contributed by atoms with van der Waals surface area (Å²) in [6.07, 6.45) is 0.917. The summed E-state index contributed by atoms with van der Waals surface area (Å²) in [5.41, 5.74) is 0.292. The Morgan fingerprint density at radius 2 is 2.18 bits per heavy atom. The normalized spacial score (nSPS) is 47.5. The largest absolute Gasteiger partial charge is 0.396 e. The Labute approximate surface area is 67.2 Å². The lowest BCUT2D eigenvalue weighted by atomic mass is 10.1. The molecule has 0 aromatic heterocycles. The second-order valence-corrected chi connectivity index (χ2v) is 3.64. The second kappa shape index (κ2) is 2.44. The topological polar surface area (TPSA) is 44.3 Å². The third-order valence-corrected chi connectivity index (χ3v) is 3.42. The van der Waals surface area contributed by atoms with Gasteiger partial charge >= 0.3 is 0 Å². The number of aliphatic hydroxyl groups is 1. The van der Waals surface area contributed by atoms with Crippen LogP contribution in [0.5, 0.6) is 0 Å². The van der Waals surface area contributed by atoms with E-state index in [0.717, 1.165) is 31.3 Å². The molecule has 1 saturated heterocycles. The zero-order chi connectivity index (χ0) is 7.90. The molecule has 0 aromatic rings. The third-order valence-electron chi connectivity index (χ3n) is 3.42. The van der Waals surface area contributed by atoms with Crippen LogP contribution in [-0.4, -0.2) is 37.4 Å². The van der Waals surface area contributed by atoms with Gasteiger partial charge in [-0.3, -0.25) is 0 Å². The molecular formula is C8H16N2O. The van der Waals surface area contributed by atoms with Crippen LogP contribution in [0.4, 0.5) is 0 Å². The van der Waals surface area contributed by atoms with Gasteiger partial charge < -0.3 is 15.7 Å². The lowest BCUT2D eigenvalue weighted by molar-refractivity contribution is 0.247. The molecule has 1 saturated carbocycles. The van der Waals surface area contributed by atoms with Gasteiger partial charge in [0.2, 0.25) is 0 Å². The standard InChI is InChI=1S/C8H16N2O/c1-9-8(2-3-11)6-4-10-5-7(6)8/h6-7,9-11H,2-5H2,1H3. The molecule has 2 fully saturated rings. The van der Waals surface area contributed by atoms with Crippen LogP contribution in [0.3, 0.4) is 0 Å². The molecule has 0 spiro atoms. The maximum absolute atomic E-state index is 8.87. The number of nitrogens with one attached hydrogen (secondary N) is 2. The highest BCUT2D eigenvalue weighted by Crippen LogP contribution is 2.54. The summed E-state index contributed by atoms with van der Waals surface area (Å²) in [6, 6.07) is 0. The van der Waals surface area contributed by atoms with E-state index in [1.807, 2.05) is 7.05 Å². The van der Waals surface area contributed by atoms with Crippen LogP contribution in [0, 0.1) is 11.8 Å². The molecule has 0 aromatic carbocycles. The number of fused-ring (bicyclic) bond motifs is 1. The molecule has 3 nitrogen and oxygen atoms in total. The minimum absolute atomic E-state index is 0.292. The van der Waals surface area contributed by atoms with Crippen molar-refractivity contribution in [1.82, 2.24) is 10.6 Å². The predicted molar refractivity (Wildman–Crippen MR) is 43.3 cm³/mol. The zero-order valence-electron chi connectivity index (χ0n) is 6.93. The van der Waals surface area contributed by atoms with Crippen molar-refractivity contribution in [2.24, 2.45) is 11.8 Å². The maximum atomic E-state index is 8.87. The van der Waals surface area contributed by atoms with E-state index in [2.05, 4.69) is 10.6 Å². The number of aliphatic hydroxyl groups excluding tert-OH is 1. The zero-order valence-corrected chi connectivity index (χ0v) is 6.93. The van der Waals surface area contributed by atoms with Crippen molar-refractivity contribution in [3.05, 3.63) is 0 Å². The smallest absolute Gasteiger partial charge is 0.0448 e. The quantitative estimate of drug-likeness (QED) is 0.500. The van der Waals surface area contributed by atoms with E-state index in [1.165, 1.54) is 0 Å². The Hall–Kier alpha value is -0.120. The van der Waals surface area contributed by atoms with E-state index in [0.29, 0.717) is 12.1 Å². The van der Waals surface area contributed by atoms with Crippen molar-refractivity contribution in [1.29, 1.82) is 0 Å². The molecule has 1 aliphatic carbocycles. The van der Waals surface area contributed by atoms with E-state index in [-0.39, 0.29) is 0 Å². The molecule has 2 rings (SSSR count). The number of piperidine rings is 1. The Bertz CT molecular complexity index is 150. The van der Waals surface area contributed by atoms with Crippen molar-refractivity contribution < 1.29 is 5.11 Å². The molecule has 64 valence electrons. The first-order chi connectivity index (χ1) is 5.35. The Morgan fingerprint density at radius 3 is 2.64 bits per heavy atom. The summed E-state index contributed by atoms with van der Waals surface area (Å²) < 4.78 is 0. The van der Waals surface area contributed by atoms with Crippen LogP contribution >= 0.6 is 0 Å². The fourth-order valence-electron chi connectivity index (χ4n) is 2.70.